The van der Waals surface area contributed by atoms with Crippen LogP contribution in [0.2, 0.25) is 0 Å². The number of amides is 1. The van der Waals surface area contributed by atoms with Gasteiger partial charge in [0.25, 0.3) is 0 Å². The molecule has 162 valence electrons. The number of aliphatic hydroxyl groups is 1. The van der Waals surface area contributed by atoms with E-state index in [1.807, 2.05) is 49.4 Å². The van der Waals surface area contributed by atoms with E-state index in [0.717, 1.165) is 33.4 Å². The van der Waals surface area contributed by atoms with Crippen LogP contribution in [0.4, 0.5) is 5.69 Å². The predicted octanol–water partition coefficient (Wildman–Crippen LogP) is 1.84. The molecule has 1 aliphatic rings. The number of aliphatic hydroxyl groups excluding tert-OH is 1. The second-order valence-corrected chi connectivity index (χ2v) is 8.02. The summed E-state index contributed by atoms with van der Waals surface area (Å²) >= 11 is 0. The molecule has 1 amide bonds. The van der Waals surface area contributed by atoms with E-state index in [-0.39, 0.29) is 11.9 Å². The Hall–Kier alpha value is -3.00. The number of pyridine rings is 1. The molecule has 0 fully saturated rings. The fraction of sp³-hybridized carbons (Fsp3) is 0.333. The summed E-state index contributed by atoms with van der Waals surface area (Å²) in [5.41, 5.74) is 3.44. The average molecular weight is 421 g/mol. The van der Waals surface area contributed by atoms with Crippen LogP contribution in [0.1, 0.15) is 24.5 Å². The van der Waals surface area contributed by atoms with E-state index >= 15 is 0 Å². The summed E-state index contributed by atoms with van der Waals surface area (Å²) in [5, 5.41) is 29.6. The third kappa shape index (κ3) is 4.25. The van der Waals surface area contributed by atoms with Crippen molar-refractivity contribution in [2.45, 2.75) is 44.6 Å². The first-order chi connectivity index (χ1) is 15.0. The molecular formula is C24H28N4O3. The molecule has 3 aromatic rings. The number of hydrogen-bond donors (Lipinski definition) is 3. The highest BCUT2D eigenvalue weighted by atomic mass is 16.5. The van der Waals surface area contributed by atoms with Crippen LogP contribution in [-0.4, -0.2) is 36.4 Å². The van der Waals surface area contributed by atoms with Gasteiger partial charge >= 0.3 is 0 Å². The number of nitrogens with one attached hydrogen (secondary N) is 2. The third-order valence-corrected chi connectivity index (χ3v) is 6.08. The van der Waals surface area contributed by atoms with Gasteiger partial charge < -0.3 is 20.5 Å². The molecule has 7 heteroatoms. The van der Waals surface area contributed by atoms with Gasteiger partial charge in [0.15, 0.2) is 6.20 Å². The van der Waals surface area contributed by atoms with Crippen molar-refractivity contribution in [1.82, 2.24) is 10.6 Å². The number of aromatic nitrogens is 1. The van der Waals surface area contributed by atoms with Crippen LogP contribution in [0, 0.1) is 5.21 Å². The molecule has 2 heterocycles. The summed E-state index contributed by atoms with van der Waals surface area (Å²) in [6.07, 6.45) is 1.96. The number of carbonyl (C=O) groups excluding carboxylic acids is 1. The summed E-state index contributed by atoms with van der Waals surface area (Å²) in [6.45, 7) is 2.20. The molecule has 7 nitrogen and oxygen atoms in total. The van der Waals surface area contributed by atoms with E-state index in [4.69, 9.17) is 0 Å². The molecule has 0 saturated heterocycles. The number of fused-ring (bicyclic) bond motifs is 2. The maximum absolute atomic E-state index is 13.6. The van der Waals surface area contributed by atoms with Gasteiger partial charge in [-0.15, -0.1) is 0 Å². The van der Waals surface area contributed by atoms with Gasteiger partial charge in [0.2, 0.25) is 11.4 Å². The molecule has 1 unspecified atom stereocenters. The maximum Gasteiger partial charge on any atom is 0.244 e. The number of anilines is 1. The molecule has 0 radical (unpaired) electrons. The molecule has 1 aromatic heterocycles. The lowest BCUT2D eigenvalue weighted by atomic mass is 10.1. The van der Waals surface area contributed by atoms with Crippen molar-refractivity contribution >= 4 is 22.5 Å². The summed E-state index contributed by atoms with van der Waals surface area (Å²) in [6, 6.07) is 16.4. The van der Waals surface area contributed by atoms with Crippen LogP contribution in [0.15, 0.2) is 60.8 Å². The lowest BCUT2D eigenvalue weighted by Crippen LogP contribution is -2.54. The van der Waals surface area contributed by atoms with Crippen LogP contribution < -0.4 is 20.3 Å². The van der Waals surface area contributed by atoms with Gasteiger partial charge in [0, 0.05) is 23.9 Å². The highest BCUT2D eigenvalue weighted by Crippen LogP contribution is 2.30. The molecule has 0 saturated carbocycles. The first kappa shape index (κ1) is 21.2. The first-order valence-corrected chi connectivity index (χ1v) is 10.6. The van der Waals surface area contributed by atoms with E-state index in [9.17, 15) is 15.1 Å². The number of para-hydroxylation sites is 2. The second-order valence-electron chi connectivity index (χ2n) is 8.02. The number of benzene rings is 2. The fourth-order valence-corrected chi connectivity index (χ4v) is 4.12. The number of rotatable bonds is 6. The minimum absolute atomic E-state index is 0.0877. The van der Waals surface area contributed by atoms with Crippen molar-refractivity contribution in [2.75, 3.05) is 11.9 Å². The zero-order chi connectivity index (χ0) is 22.0. The van der Waals surface area contributed by atoms with Gasteiger partial charge in [-0.05, 0) is 50.1 Å². The molecule has 31 heavy (non-hydrogen) atoms. The zero-order valence-electron chi connectivity index (χ0n) is 17.8. The number of carbonyl (C=O) groups is 1. The summed E-state index contributed by atoms with van der Waals surface area (Å²) < 4.78 is 0.844. The van der Waals surface area contributed by atoms with Crippen molar-refractivity contribution in [2.24, 2.45) is 0 Å². The molecule has 0 spiro atoms. The molecule has 3 atom stereocenters. The predicted molar refractivity (Wildman–Crippen MR) is 120 cm³/mol. The average Bonchev–Trinajstić information content (AvgIpc) is 2.92. The summed E-state index contributed by atoms with van der Waals surface area (Å²) in [4.78, 5) is 15.4. The Morgan fingerprint density at radius 2 is 1.94 bits per heavy atom. The molecule has 4 rings (SSSR count). The quantitative estimate of drug-likeness (QED) is 0.322. The number of hydrogen-bond acceptors (Lipinski definition) is 5. The van der Waals surface area contributed by atoms with Gasteiger partial charge in [-0.25, -0.2) is 0 Å². The Morgan fingerprint density at radius 3 is 2.74 bits per heavy atom. The third-order valence-electron chi connectivity index (χ3n) is 6.08. The smallest absolute Gasteiger partial charge is 0.244 e. The number of aryl methyl sites for hydroxylation is 1. The van der Waals surface area contributed by atoms with Crippen molar-refractivity contribution in [3.8, 4) is 0 Å². The monoisotopic (exact) mass is 420 g/mol. The first-order valence-electron chi connectivity index (χ1n) is 10.6. The van der Waals surface area contributed by atoms with E-state index in [0.29, 0.717) is 18.5 Å². The van der Waals surface area contributed by atoms with Crippen LogP contribution >= 0.6 is 0 Å². The Morgan fingerprint density at radius 1 is 1.19 bits per heavy atom. The lowest BCUT2D eigenvalue weighted by molar-refractivity contribution is -0.577. The second kappa shape index (κ2) is 9.01. The fourth-order valence-electron chi connectivity index (χ4n) is 4.12. The van der Waals surface area contributed by atoms with Gasteiger partial charge in [-0.2, -0.15) is 4.73 Å². The van der Waals surface area contributed by atoms with Crippen molar-refractivity contribution in [1.29, 1.82) is 0 Å². The highest BCUT2D eigenvalue weighted by Gasteiger charge is 2.32. The highest BCUT2D eigenvalue weighted by molar-refractivity contribution is 5.99. The van der Waals surface area contributed by atoms with Gasteiger partial charge in [0.05, 0.1) is 18.0 Å². The largest absolute Gasteiger partial charge is 0.618 e. The Labute approximate surface area is 181 Å². The zero-order valence-corrected chi connectivity index (χ0v) is 17.8. The van der Waals surface area contributed by atoms with Crippen LogP contribution in [0.25, 0.3) is 10.9 Å². The van der Waals surface area contributed by atoms with Crippen LogP contribution in [0.3, 0.4) is 0 Å². The normalized spacial score (nSPS) is 18.5. The minimum Gasteiger partial charge on any atom is -0.618 e. The number of likely N-dealkylation sites (N-methyl/N-ethyl adjacent to an activating group) is 1. The molecule has 1 aliphatic heterocycles. The van der Waals surface area contributed by atoms with Crippen molar-refractivity contribution in [3.05, 3.63) is 77.1 Å². The SMILES string of the molecule is CN[C@@H](C)C(O)N[C@H]1CCc2ccccc2N(Cc2cc[n+]([O-])c3ccccc23)C1=O. The van der Waals surface area contributed by atoms with E-state index < -0.39 is 12.3 Å². The van der Waals surface area contributed by atoms with Crippen molar-refractivity contribution in [3.63, 3.8) is 0 Å². The maximum atomic E-state index is 13.6. The molecule has 0 aliphatic carbocycles. The van der Waals surface area contributed by atoms with Crippen LogP contribution in [-0.2, 0) is 17.8 Å². The molecular weight excluding hydrogens is 392 g/mol. The topological polar surface area (TPSA) is 91.5 Å². The van der Waals surface area contributed by atoms with E-state index in [2.05, 4.69) is 10.6 Å². The van der Waals surface area contributed by atoms with Crippen molar-refractivity contribution < 1.29 is 14.6 Å². The Kier molecular flexibility index (Phi) is 6.18. The van der Waals surface area contributed by atoms with E-state index in [1.54, 1.807) is 24.1 Å². The Balaban J connectivity index is 1.71. The molecule has 3 N–H and O–H groups in total. The lowest BCUT2D eigenvalue weighted by Gasteiger charge is -2.29. The number of nitrogens with zero attached hydrogens (tertiary/aromatic N) is 2. The summed E-state index contributed by atoms with van der Waals surface area (Å²) in [7, 11) is 1.77. The Bertz CT molecular complexity index is 1090. The van der Waals surface area contributed by atoms with Crippen LogP contribution in [0.5, 0.6) is 0 Å². The van der Waals surface area contributed by atoms with Gasteiger partial charge in [0.1, 0.15) is 6.23 Å². The van der Waals surface area contributed by atoms with Gasteiger partial charge in [-0.3, -0.25) is 10.1 Å². The standard InChI is InChI=1S/C24H28N4O3/c1-16(25-2)23(29)26-20-12-11-17-7-3-5-9-21(17)27(24(20)30)15-18-13-14-28(31)22-10-6-4-8-19(18)22/h3-10,13-14,16,20,23,25-26,29H,11-12,15H2,1-2H3/t16-,20-,23?/m0/s1. The summed E-state index contributed by atoms with van der Waals surface area (Å²) in [5.74, 6) is -0.0877. The molecule has 0 bridgehead atoms. The molecule has 2 aromatic carbocycles. The van der Waals surface area contributed by atoms with Gasteiger partial charge in [-0.1, -0.05) is 30.3 Å². The van der Waals surface area contributed by atoms with E-state index in [1.165, 1.54) is 6.20 Å². The minimum atomic E-state index is -0.848.